The van der Waals surface area contributed by atoms with Gasteiger partial charge in [-0.1, -0.05) is 13.3 Å². The Morgan fingerprint density at radius 1 is 1.29 bits per heavy atom. The van der Waals surface area contributed by atoms with Crippen molar-refractivity contribution in [3.8, 4) is 5.75 Å². The first-order valence-electron chi connectivity index (χ1n) is 8.20. The molecular weight excluding hydrogens is 262 g/mol. The van der Waals surface area contributed by atoms with E-state index in [0.29, 0.717) is 6.61 Å². The van der Waals surface area contributed by atoms with Gasteiger partial charge in [0.1, 0.15) is 5.75 Å². The lowest BCUT2D eigenvalue weighted by molar-refractivity contribution is 0.0541. The highest BCUT2D eigenvalue weighted by Gasteiger charge is 2.37. The molecule has 0 radical (unpaired) electrons. The van der Waals surface area contributed by atoms with Gasteiger partial charge >= 0.3 is 0 Å². The van der Waals surface area contributed by atoms with Crippen molar-refractivity contribution in [3.63, 3.8) is 0 Å². The van der Waals surface area contributed by atoms with E-state index in [1.54, 1.807) is 6.20 Å². The molecule has 1 fully saturated rings. The van der Waals surface area contributed by atoms with E-state index in [2.05, 4.69) is 23.7 Å². The Morgan fingerprint density at radius 2 is 2.00 bits per heavy atom. The summed E-state index contributed by atoms with van der Waals surface area (Å²) < 4.78 is 5.56. The third kappa shape index (κ3) is 3.55. The number of nitrogens with two attached hydrogens (primary N) is 1. The third-order valence-electron chi connectivity index (χ3n) is 4.87. The van der Waals surface area contributed by atoms with Crippen LogP contribution in [0.4, 0.5) is 0 Å². The summed E-state index contributed by atoms with van der Waals surface area (Å²) in [6.07, 6.45) is 8.56. The summed E-state index contributed by atoms with van der Waals surface area (Å²) in [5.74, 6) is 0.808. The quantitative estimate of drug-likeness (QED) is 0.875. The van der Waals surface area contributed by atoms with Crippen molar-refractivity contribution in [3.05, 3.63) is 24.0 Å². The first-order chi connectivity index (χ1) is 10.1. The summed E-state index contributed by atoms with van der Waals surface area (Å²) in [5, 5.41) is 0. The number of rotatable bonds is 6. The highest BCUT2D eigenvalue weighted by atomic mass is 16.5. The smallest absolute Gasteiger partial charge is 0.137 e. The Bertz CT molecular complexity index is 445. The molecule has 1 aliphatic heterocycles. The van der Waals surface area contributed by atoms with Crippen molar-refractivity contribution in [2.24, 2.45) is 5.73 Å². The zero-order valence-corrected chi connectivity index (χ0v) is 13.6. The minimum Gasteiger partial charge on any atom is -0.492 e. The van der Waals surface area contributed by atoms with Crippen molar-refractivity contribution < 1.29 is 4.74 Å². The monoisotopic (exact) mass is 291 g/mol. The highest BCUT2D eigenvalue weighted by Crippen LogP contribution is 2.35. The molecule has 2 N–H and O–H groups in total. The summed E-state index contributed by atoms with van der Waals surface area (Å²) in [5.41, 5.74) is 7.69. The number of nitrogens with zero attached hydrogens (tertiary/aromatic N) is 2. The molecule has 0 aromatic carbocycles. The van der Waals surface area contributed by atoms with Crippen LogP contribution >= 0.6 is 0 Å². The van der Waals surface area contributed by atoms with Crippen LogP contribution in [0, 0.1) is 0 Å². The lowest BCUT2D eigenvalue weighted by atomic mass is 9.83. The van der Waals surface area contributed by atoms with Crippen LogP contribution in [-0.2, 0) is 0 Å². The second kappa shape index (κ2) is 7.23. The molecule has 118 valence electrons. The SMILES string of the molecule is CCOc1cncc(C(N)C(C)(CC)N2CCCCC2)c1. The molecule has 0 spiro atoms. The summed E-state index contributed by atoms with van der Waals surface area (Å²) in [6.45, 7) is 9.45. The molecule has 4 heteroatoms. The maximum absolute atomic E-state index is 6.64. The van der Waals surface area contributed by atoms with Crippen LogP contribution in [0.15, 0.2) is 18.5 Å². The Kier molecular flexibility index (Phi) is 5.59. The van der Waals surface area contributed by atoms with E-state index in [1.165, 1.54) is 19.3 Å². The standard InChI is InChI=1S/C17H29N3O/c1-4-17(3,20-9-7-6-8-10-20)16(18)14-11-15(21-5-2)13-19-12-14/h11-13,16H,4-10,18H2,1-3H3. The molecule has 1 aromatic rings. The largest absolute Gasteiger partial charge is 0.492 e. The van der Waals surface area contributed by atoms with Gasteiger partial charge in [0.05, 0.1) is 12.8 Å². The fourth-order valence-electron chi connectivity index (χ4n) is 3.26. The molecule has 2 atom stereocenters. The zero-order chi connectivity index (χ0) is 15.3. The molecule has 2 heterocycles. The van der Waals surface area contributed by atoms with E-state index in [9.17, 15) is 0 Å². The van der Waals surface area contributed by atoms with Crippen molar-refractivity contribution in [2.45, 2.75) is 58.0 Å². The molecule has 21 heavy (non-hydrogen) atoms. The lowest BCUT2D eigenvalue weighted by Crippen LogP contribution is -2.54. The van der Waals surface area contributed by atoms with E-state index in [4.69, 9.17) is 10.5 Å². The number of pyridine rings is 1. The molecule has 4 nitrogen and oxygen atoms in total. The number of ether oxygens (including phenoxy) is 1. The Balaban J connectivity index is 2.21. The molecule has 0 bridgehead atoms. The second-order valence-electron chi connectivity index (χ2n) is 6.12. The number of hydrogen-bond acceptors (Lipinski definition) is 4. The maximum atomic E-state index is 6.64. The fraction of sp³-hybridized carbons (Fsp3) is 0.706. The molecule has 1 saturated heterocycles. The van der Waals surface area contributed by atoms with E-state index >= 15 is 0 Å². The van der Waals surface area contributed by atoms with Crippen molar-refractivity contribution >= 4 is 0 Å². The molecular formula is C17H29N3O. The summed E-state index contributed by atoms with van der Waals surface area (Å²) in [7, 11) is 0. The Labute approximate surface area is 128 Å². The van der Waals surface area contributed by atoms with Crippen LogP contribution in [0.5, 0.6) is 5.75 Å². The minimum absolute atomic E-state index is 0.0209. The minimum atomic E-state index is -0.0477. The fourth-order valence-corrected chi connectivity index (χ4v) is 3.26. The van der Waals surface area contributed by atoms with E-state index in [1.807, 2.05) is 19.2 Å². The van der Waals surface area contributed by atoms with Gasteiger partial charge in [-0.25, -0.2) is 0 Å². The van der Waals surface area contributed by atoms with Crippen LogP contribution < -0.4 is 10.5 Å². The van der Waals surface area contributed by atoms with Gasteiger partial charge < -0.3 is 10.5 Å². The first-order valence-corrected chi connectivity index (χ1v) is 8.20. The Morgan fingerprint density at radius 3 is 2.62 bits per heavy atom. The van der Waals surface area contributed by atoms with Gasteiger partial charge in [-0.15, -0.1) is 0 Å². The first kappa shape index (κ1) is 16.2. The number of aromatic nitrogens is 1. The number of likely N-dealkylation sites (tertiary alicyclic amines) is 1. The predicted molar refractivity (Wildman–Crippen MR) is 86.5 cm³/mol. The molecule has 0 amide bonds. The molecule has 1 aromatic heterocycles. The van der Waals surface area contributed by atoms with Gasteiger partial charge in [-0.05, 0) is 57.8 Å². The van der Waals surface area contributed by atoms with Crippen molar-refractivity contribution in [1.82, 2.24) is 9.88 Å². The average molecular weight is 291 g/mol. The van der Waals surface area contributed by atoms with Gasteiger partial charge in [-0.3, -0.25) is 9.88 Å². The van der Waals surface area contributed by atoms with Gasteiger partial charge in [0.25, 0.3) is 0 Å². The van der Waals surface area contributed by atoms with Gasteiger partial charge in [-0.2, -0.15) is 0 Å². The van der Waals surface area contributed by atoms with Crippen molar-refractivity contribution in [1.29, 1.82) is 0 Å². The normalized spacial score (nSPS) is 20.8. The van der Waals surface area contributed by atoms with E-state index in [-0.39, 0.29) is 11.6 Å². The molecule has 0 aliphatic carbocycles. The summed E-state index contributed by atoms with van der Waals surface area (Å²) in [6, 6.07) is 1.99. The van der Waals surface area contributed by atoms with E-state index in [0.717, 1.165) is 30.8 Å². The average Bonchev–Trinajstić information content (AvgIpc) is 2.55. The molecule has 1 aliphatic rings. The zero-order valence-electron chi connectivity index (χ0n) is 13.6. The molecule has 2 rings (SSSR count). The van der Waals surface area contributed by atoms with Crippen LogP contribution in [0.3, 0.4) is 0 Å². The van der Waals surface area contributed by atoms with Crippen LogP contribution in [0.1, 0.15) is 58.1 Å². The van der Waals surface area contributed by atoms with E-state index < -0.39 is 0 Å². The molecule has 0 saturated carbocycles. The predicted octanol–water partition coefficient (Wildman–Crippen LogP) is 3.13. The van der Waals surface area contributed by atoms with Gasteiger partial charge in [0.15, 0.2) is 0 Å². The van der Waals surface area contributed by atoms with Gasteiger partial charge in [0.2, 0.25) is 0 Å². The topological polar surface area (TPSA) is 51.4 Å². The highest BCUT2D eigenvalue weighted by molar-refractivity contribution is 5.28. The molecule has 2 unspecified atom stereocenters. The van der Waals surface area contributed by atoms with Gasteiger partial charge in [0, 0.05) is 17.8 Å². The van der Waals surface area contributed by atoms with Crippen LogP contribution in [0.2, 0.25) is 0 Å². The summed E-state index contributed by atoms with van der Waals surface area (Å²) >= 11 is 0. The third-order valence-corrected chi connectivity index (χ3v) is 4.87. The summed E-state index contributed by atoms with van der Waals surface area (Å²) in [4.78, 5) is 6.86. The number of piperidine rings is 1. The number of hydrogen-bond donors (Lipinski definition) is 1. The second-order valence-corrected chi connectivity index (χ2v) is 6.12. The lowest BCUT2D eigenvalue weighted by Gasteiger charge is -2.46. The maximum Gasteiger partial charge on any atom is 0.137 e. The van der Waals surface area contributed by atoms with Crippen molar-refractivity contribution in [2.75, 3.05) is 19.7 Å². The van der Waals surface area contributed by atoms with Crippen LogP contribution in [0.25, 0.3) is 0 Å². The Hall–Kier alpha value is -1.13. The van der Waals surface area contributed by atoms with Crippen LogP contribution in [-0.4, -0.2) is 35.1 Å².